The Balaban J connectivity index is 1.99. The van der Waals surface area contributed by atoms with Gasteiger partial charge in [0.05, 0.1) is 17.9 Å². The maximum atomic E-state index is 12.4. The van der Waals surface area contributed by atoms with Gasteiger partial charge in [0.15, 0.2) is 0 Å². The highest BCUT2D eigenvalue weighted by Crippen LogP contribution is 2.16. The van der Waals surface area contributed by atoms with E-state index in [1.807, 2.05) is 18.7 Å². The molecular weight excluding hydrogens is 318 g/mol. The number of rotatable bonds is 2. The molecule has 23 heavy (non-hydrogen) atoms. The van der Waals surface area contributed by atoms with E-state index in [-0.39, 0.29) is 17.8 Å². The molecule has 122 valence electrons. The minimum Gasteiger partial charge on any atom is -0.372 e. The standard InChI is InChI=1S/C16H18ClN3O3/c1-10-8-19(9-11(2)23-10)14-7-15(21)20(16(22)18-14)13-5-3-12(17)4-6-13/h3-7,10-11H,8-9H2,1-2H3,(H,18,22)/t10-,11-/m0/s1. The number of nitrogens with one attached hydrogen (secondary N) is 1. The van der Waals surface area contributed by atoms with E-state index in [0.717, 1.165) is 4.57 Å². The first kappa shape index (κ1) is 15.8. The van der Waals surface area contributed by atoms with Crippen molar-refractivity contribution in [3.8, 4) is 5.69 Å². The summed E-state index contributed by atoms with van der Waals surface area (Å²) in [6.07, 6.45) is 0.0851. The van der Waals surface area contributed by atoms with E-state index >= 15 is 0 Å². The Bertz CT molecular complexity index is 771. The quantitative estimate of drug-likeness (QED) is 0.908. The molecule has 0 unspecified atom stereocenters. The third-order valence-electron chi connectivity index (χ3n) is 3.76. The molecule has 1 N–H and O–H groups in total. The second-order valence-corrected chi connectivity index (χ2v) is 6.21. The zero-order valence-electron chi connectivity index (χ0n) is 13.0. The topological polar surface area (TPSA) is 67.3 Å². The molecule has 2 atom stereocenters. The lowest BCUT2D eigenvalue weighted by atomic mass is 10.2. The first-order chi connectivity index (χ1) is 10.9. The number of morpholine rings is 1. The zero-order valence-corrected chi connectivity index (χ0v) is 13.7. The van der Waals surface area contributed by atoms with Gasteiger partial charge < -0.3 is 9.64 Å². The number of aromatic amines is 1. The molecule has 1 aromatic carbocycles. The van der Waals surface area contributed by atoms with E-state index in [4.69, 9.17) is 16.3 Å². The van der Waals surface area contributed by atoms with Crippen LogP contribution in [0.5, 0.6) is 0 Å². The van der Waals surface area contributed by atoms with Gasteiger partial charge in [-0.25, -0.2) is 9.36 Å². The monoisotopic (exact) mass is 335 g/mol. The summed E-state index contributed by atoms with van der Waals surface area (Å²) in [4.78, 5) is 29.5. The molecular formula is C16H18ClN3O3. The van der Waals surface area contributed by atoms with Gasteiger partial charge in [0, 0.05) is 24.2 Å². The summed E-state index contributed by atoms with van der Waals surface area (Å²) < 4.78 is 6.76. The Morgan fingerprint density at radius 1 is 1.13 bits per heavy atom. The fourth-order valence-electron chi connectivity index (χ4n) is 2.86. The van der Waals surface area contributed by atoms with Crippen molar-refractivity contribution in [3.05, 3.63) is 56.2 Å². The highest BCUT2D eigenvalue weighted by Gasteiger charge is 2.23. The fraction of sp³-hybridized carbons (Fsp3) is 0.375. The Kier molecular flexibility index (Phi) is 4.28. The molecule has 2 aromatic rings. The highest BCUT2D eigenvalue weighted by molar-refractivity contribution is 6.30. The van der Waals surface area contributed by atoms with E-state index in [9.17, 15) is 9.59 Å². The van der Waals surface area contributed by atoms with Crippen LogP contribution in [0.15, 0.2) is 39.9 Å². The predicted molar refractivity (Wildman–Crippen MR) is 89.9 cm³/mol. The molecule has 1 aliphatic heterocycles. The molecule has 1 aliphatic rings. The second-order valence-electron chi connectivity index (χ2n) is 5.77. The molecule has 1 aromatic heterocycles. The minimum absolute atomic E-state index is 0.0425. The average Bonchev–Trinajstić information content (AvgIpc) is 2.47. The number of nitrogens with zero attached hydrogens (tertiary/aromatic N) is 2. The van der Waals surface area contributed by atoms with E-state index in [2.05, 4.69) is 4.98 Å². The number of ether oxygens (including phenoxy) is 1. The molecule has 0 radical (unpaired) electrons. The van der Waals surface area contributed by atoms with E-state index in [1.165, 1.54) is 6.07 Å². The van der Waals surface area contributed by atoms with Crippen LogP contribution in [-0.2, 0) is 4.74 Å². The van der Waals surface area contributed by atoms with Crippen LogP contribution in [0.3, 0.4) is 0 Å². The molecule has 1 saturated heterocycles. The average molecular weight is 336 g/mol. The van der Waals surface area contributed by atoms with Crippen LogP contribution >= 0.6 is 11.6 Å². The van der Waals surface area contributed by atoms with Gasteiger partial charge in [-0.15, -0.1) is 0 Å². The first-order valence-electron chi connectivity index (χ1n) is 7.47. The molecule has 7 heteroatoms. The first-order valence-corrected chi connectivity index (χ1v) is 7.84. The number of benzene rings is 1. The molecule has 0 amide bonds. The molecule has 1 fully saturated rings. The molecule has 0 saturated carbocycles. The maximum Gasteiger partial charge on any atom is 0.334 e. The second kappa shape index (κ2) is 6.22. The van der Waals surface area contributed by atoms with Crippen LogP contribution in [0, 0.1) is 0 Å². The van der Waals surface area contributed by atoms with Gasteiger partial charge in [0.1, 0.15) is 5.82 Å². The van der Waals surface area contributed by atoms with Crippen LogP contribution in [0.1, 0.15) is 13.8 Å². The summed E-state index contributed by atoms with van der Waals surface area (Å²) in [7, 11) is 0. The van der Waals surface area contributed by atoms with Crippen LogP contribution in [0.2, 0.25) is 5.02 Å². The molecule has 6 nitrogen and oxygen atoms in total. The van der Waals surface area contributed by atoms with Gasteiger partial charge in [-0.05, 0) is 38.1 Å². The SMILES string of the molecule is C[C@H]1CN(c2cc(=O)n(-c3ccc(Cl)cc3)c(=O)[nH]2)C[C@H](C)O1. The van der Waals surface area contributed by atoms with Gasteiger partial charge in [-0.3, -0.25) is 9.78 Å². The van der Waals surface area contributed by atoms with E-state index < -0.39 is 5.69 Å². The lowest BCUT2D eigenvalue weighted by Gasteiger charge is -2.36. The zero-order chi connectivity index (χ0) is 16.6. The third-order valence-corrected chi connectivity index (χ3v) is 4.02. The number of hydrogen-bond acceptors (Lipinski definition) is 4. The van der Waals surface area contributed by atoms with Crippen molar-refractivity contribution < 1.29 is 4.74 Å². The molecule has 2 heterocycles. The molecule has 0 bridgehead atoms. The predicted octanol–water partition coefficient (Wildman–Crippen LogP) is 1.79. The minimum atomic E-state index is -0.471. The number of H-pyrrole nitrogens is 1. The summed E-state index contributed by atoms with van der Waals surface area (Å²) in [6, 6.07) is 8.00. The van der Waals surface area contributed by atoms with Gasteiger partial charge in [0.25, 0.3) is 5.56 Å². The molecule has 3 rings (SSSR count). The van der Waals surface area contributed by atoms with Crippen molar-refractivity contribution in [1.82, 2.24) is 9.55 Å². The van der Waals surface area contributed by atoms with Crippen molar-refractivity contribution in [2.75, 3.05) is 18.0 Å². The number of anilines is 1. The van der Waals surface area contributed by atoms with Crippen molar-refractivity contribution in [3.63, 3.8) is 0 Å². The molecule has 0 aliphatic carbocycles. The third kappa shape index (κ3) is 3.33. The van der Waals surface area contributed by atoms with E-state index in [1.54, 1.807) is 24.3 Å². The maximum absolute atomic E-state index is 12.4. The summed E-state index contributed by atoms with van der Waals surface area (Å²) in [6.45, 7) is 5.20. The summed E-state index contributed by atoms with van der Waals surface area (Å²) in [5, 5.41) is 0.547. The van der Waals surface area contributed by atoms with Crippen LogP contribution in [0.25, 0.3) is 5.69 Å². The number of halogens is 1. The Hall–Kier alpha value is -2.05. The van der Waals surface area contributed by atoms with Gasteiger partial charge in [0.2, 0.25) is 0 Å². The van der Waals surface area contributed by atoms with Crippen LogP contribution in [0.4, 0.5) is 5.82 Å². The summed E-state index contributed by atoms with van der Waals surface area (Å²) in [5.41, 5.74) is -0.365. The summed E-state index contributed by atoms with van der Waals surface area (Å²) in [5.74, 6) is 0.521. The van der Waals surface area contributed by atoms with Crippen LogP contribution < -0.4 is 16.1 Å². The number of aromatic nitrogens is 2. The van der Waals surface area contributed by atoms with Gasteiger partial charge >= 0.3 is 5.69 Å². The van der Waals surface area contributed by atoms with Crippen molar-refractivity contribution in [2.24, 2.45) is 0 Å². The fourth-order valence-corrected chi connectivity index (χ4v) is 2.99. The summed E-state index contributed by atoms with van der Waals surface area (Å²) >= 11 is 5.84. The Morgan fingerprint density at radius 2 is 1.74 bits per heavy atom. The van der Waals surface area contributed by atoms with Crippen LogP contribution in [-0.4, -0.2) is 34.8 Å². The lowest BCUT2D eigenvalue weighted by molar-refractivity contribution is -0.00549. The normalized spacial score (nSPS) is 21.4. The van der Waals surface area contributed by atoms with Gasteiger partial charge in [-0.2, -0.15) is 0 Å². The number of hydrogen-bond donors (Lipinski definition) is 1. The Morgan fingerprint density at radius 3 is 2.30 bits per heavy atom. The lowest BCUT2D eigenvalue weighted by Crippen LogP contribution is -2.47. The molecule has 0 spiro atoms. The Labute approximate surface area is 138 Å². The van der Waals surface area contributed by atoms with Crippen molar-refractivity contribution in [1.29, 1.82) is 0 Å². The van der Waals surface area contributed by atoms with Gasteiger partial charge in [-0.1, -0.05) is 11.6 Å². The van der Waals surface area contributed by atoms with Crippen molar-refractivity contribution in [2.45, 2.75) is 26.1 Å². The van der Waals surface area contributed by atoms with Crippen molar-refractivity contribution >= 4 is 17.4 Å². The highest BCUT2D eigenvalue weighted by atomic mass is 35.5. The van der Waals surface area contributed by atoms with E-state index in [0.29, 0.717) is 29.6 Å². The largest absolute Gasteiger partial charge is 0.372 e. The smallest absolute Gasteiger partial charge is 0.334 e.